The van der Waals surface area contributed by atoms with Crippen LogP contribution in [-0.2, 0) is 0 Å². The van der Waals surface area contributed by atoms with Crippen LogP contribution in [0.3, 0.4) is 0 Å². The third kappa shape index (κ3) is 3.59. The topological polar surface area (TPSA) is 54.3 Å². The molecule has 5 heteroatoms. The van der Waals surface area contributed by atoms with Crippen molar-refractivity contribution < 1.29 is 9.47 Å². The zero-order chi connectivity index (χ0) is 15.2. The minimum absolute atomic E-state index is 0.511. The van der Waals surface area contributed by atoms with Crippen molar-refractivity contribution in [3.63, 3.8) is 0 Å². The maximum absolute atomic E-state index is 9.38. The van der Waals surface area contributed by atoms with Gasteiger partial charge in [0.1, 0.15) is 6.04 Å². The van der Waals surface area contributed by atoms with E-state index in [2.05, 4.69) is 11.4 Å². The minimum atomic E-state index is -0.511. The average Bonchev–Trinajstić information content (AvgIpc) is 2.52. The number of nitrogens with one attached hydrogen (secondary N) is 1. The molecular weight excluding hydrogens is 288 g/mol. The Bertz CT molecular complexity index is 668. The van der Waals surface area contributed by atoms with E-state index >= 15 is 0 Å². The van der Waals surface area contributed by atoms with Gasteiger partial charge in [-0.05, 0) is 35.9 Å². The van der Waals surface area contributed by atoms with Crippen LogP contribution < -0.4 is 14.8 Å². The summed E-state index contributed by atoms with van der Waals surface area (Å²) in [6, 6.07) is 14.3. The summed E-state index contributed by atoms with van der Waals surface area (Å²) in [7, 11) is 3.14. The summed E-state index contributed by atoms with van der Waals surface area (Å²) in [4.78, 5) is 0. The molecule has 0 aliphatic heterocycles. The smallest absolute Gasteiger partial charge is 0.161 e. The van der Waals surface area contributed by atoms with E-state index in [1.54, 1.807) is 38.5 Å². The third-order valence-electron chi connectivity index (χ3n) is 3.01. The Morgan fingerprint density at radius 1 is 1.10 bits per heavy atom. The van der Waals surface area contributed by atoms with Crippen LogP contribution in [-0.4, -0.2) is 14.2 Å². The summed E-state index contributed by atoms with van der Waals surface area (Å²) in [6.07, 6.45) is 0. The molecule has 0 bridgehead atoms. The van der Waals surface area contributed by atoms with Crippen LogP contribution in [0, 0.1) is 11.3 Å². The van der Waals surface area contributed by atoms with Gasteiger partial charge in [-0.2, -0.15) is 5.26 Å². The van der Waals surface area contributed by atoms with Crippen molar-refractivity contribution in [1.82, 2.24) is 0 Å². The molecule has 0 saturated heterocycles. The van der Waals surface area contributed by atoms with Gasteiger partial charge >= 0.3 is 0 Å². The lowest BCUT2D eigenvalue weighted by Gasteiger charge is -2.15. The highest BCUT2D eigenvalue weighted by Crippen LogP contribution is 2.31. The molecule has 0 amide bonds. The number of rotatable bonds is 5. The summed E-state index contributed by atoms with van der Waals surface area (Å²) in [6.45, 7) is 0. The van der Waals surface area contributed by atoms with E-state index in [4.69, 9.17) is 21.1 Å². The lowest BCUT2D eigenvalue weighted by Crippen LogP contribution is -2.08. The van der Waals surface area contributed by atoms with E-state index in [-0.39, 0.29) is 0 Å². The summed E-state index contributed by atoms with van der Waals surface area (Å²) in [5, 5.41) is 13.1. The Balaban J connectivity index is 2.27. The molecule has 0 heterocycles. The van der Waals surface area contributed by atoms with E-state index in [1.807, 2.05) is 18.2 Å². The molecule has 0 fully saturated rings. The van der Waals surface area contributed by atoms with E-state index in [0.29, 0.717) is 16.5 Å². The lowest BCUT2D eigenvalue weighted by atomic mass is 10.1. The first kappa shape index (κ1) is 15.0. The number of nitrogens with zero attached hydrogens (tertiary/aromatic N) is 1. The zero-order valence-electron chi connectivity index (χ0n) is 11.8. The number of hydrogen-bond acceptors (Lipinski definition) is 4. The van der Waals surface area contributed by atoms with Gasteiger partial charge in [0.05, 0.1) is 20.3 Å². The summed E-state index contributed by atoms with van der Waals surface area (Å²) < 4.78 is 10.5. The number of anilines is 1. The van der Waals surface area contributed by atoms with Gasteiger partial charge in [-0.25, -0.2) is 0 Å². The zero-order valence-corrected chi connectivity index (χ0v) is 12.5. The molecule has 0 spiro atoms. The Morgan fingerprint density at radius 2 is 1.86 bits per heavy atom. The highest BCUT2D eigenvalue weighted by atomic mass is 35.5. The largest absolute Gasteiger partial charge is 0.493 e. The van der Waals surface area contributed by atoms with Crippen molar-refractivity contribution in [2.75, 3.05) is 19.5 Å². The van der Waals surface area contributed by atoms with Gasteiger partial charge in [-0.3, -0.25) is 0 Å². The van der Waals surface area contributed by atoms with E-state index in [0.717, 1.165) is 11.3 Å². The van der Waals surface area contributed by atoms with Gasteiger partial charge in [0.25, 0.3) is 0 Å². The van der Waals surface area contributed by atoms with Gasteiger partial charge < -0.3 is 14.8 Å². The van der Waals surface area contributed by atoms with Crippen molar-refractivity contribution in [2.24, 2.45) is 0 Å². The van der Waals surface area contributed by atoms with E-state index in [9.17, 15) is 5.26 Å². The fourth-order valence-electron chi connectivity index (χ4n) is 1.97. The van der Waals surface area contributed by atoms with Crippen molar-refractivity contribution in [3.8, 4) is 17.6 Å². The van der Waals surface area contributed by atoms with Crippen LogP contribution in [0.1, 0.15) is 11.6 Å². The molecule has 2 aromatic rings. The fourth-order valence-corrected chi connectivity index (χ4v) is 2.16. The maximum Gasteiger partial charge on any atom is 0.161 e. The van der Waals surface area contributed by atoms with Gasteiger partial charge in [0.2, 0.25) is 0 Å². The summed E-state index contributed by atoms with van der Waals surface area (Å²) >= 11 is 5.95. The average molecular weight is 303 g/mol. The molecule has 0 aliphatic rings. The first-order valence-electron chi connectivity index (χ1n) is 6.31. The Labute approximate surface area is 128 Å². The maximum atomic E-state index is 9.38. The molecule has 2 rings (SSSR count). The molecule has 0 aliphatic carbocycles. The molecule has 1 N–H and O–H groups in total. The number of nitriles is 1. The molecule has 0 radical (unpaired) electrons. The molecule has 1 unspecified atom stereocenters. The van der Waals surface area contributed by atoms with Crippen LogP contribution >= 0.6 is 11.6 Å². The van der Waals surface area contributed by atoms with E-state index in [1.165, 1.54) is 0 Å². The van der Waals surface area contributed by atoms with Gasteiger partial charge in [-0.1, -0.05) is 23.7 Å². The molecule has 108 valence electrons. The molecule has 21 heavy (non-hydrogen) atoms. The van der Waals surface area contributed by atoms with Crippen LogP contribution in [0.4, 0.5) is 5.69 Å². The molecule has 0 saturated carbocycles. The monoisotopic (exact) mass is 302 g/mol. The molecule has 2 aromatic carbocycles. The van der Waals surface area contributed by atoms with Gasteiger partial charge in [-0.15, -0.1) is 0 Å². The number of benzene rings is 2. The fraction of sp³-hybridized carbons (Fsp3) is 0.188. The molecule has 1 atom stereocenters. The van der Waals surface area contributed by atoms with Crippen molar-refractivity contribution in [3.05, 3.63) is 53.1 Å². The Morgan fingerprint density at radius 3 is 2.48 bits per heavy atom. The summed E-state index contributed by atoms with van der Waals surface area (Å²) in [5.41, 5.74) is 1.57. The molecule has 4 nitrogen and oxygen atoms in total. The van der Waals surface area contributed by atoms with Crippen molar-refractivity contribution >= 4 is 17.3 Å². The summed E-state index contributed by atoms with van der Waals surface area (Å²) in [5.74, 6) is 1.21. The number of halogens is 1. The number of ether oxygens (including phenoxy) is 2. The molecular formula is C16H15ClN2O2. The second-order valence-corrected chi connectivity index (χ2v) is 4.77. The van der Waals surface area contributed by atoms with Crippen LogP contribution in [0.25, 0.3) is 0 Å². The second-order valence-electron chi connectivity index (χ2n) is 4.33. The normalized spacial score (nSPS) is 11.3. The van der Waals surface area contributed by atoms with Crippen molar-refractivity contribution in [1.29, 1.82) is 5.26 Å². The highest BCUT2D eigenvalue weighted by Gasteiger charge is 2.13. The van der Waals surface area contributed by atoms with Crippen molar-refractivity contribution in [2.45, 2.75) is 6.04 Å². The predicted octanol–water partition coefficient (Wildman–Crippen LogP) is 4.03. The minimum Gasteiger partial charge on any atom is -0.493 e. The first-order chi connectivity index (χ1) is 10.2. The predicted molar refractivity (Wildman–Crippen MR) is 83.0 cm³/mol. The standard InChI is InChI=1S/C16H15ClN2O2/c1-20-15-7-6-11(8-16(15)21-2)14(10-18)19-13-5-3-4-12(17)9-13/h3-9,14,19H,1-2H3. The van der Waals surface area contributed by atoms with Crippen LogP contribution in [0.2, 0.25) is 5.02 Å². The van der Waals surface area contributed by atoms with Gasteiger partial charge in [0.15, 0.2) is 11.5 Å². The Hall–Kier alpha value is -2.38. The first-order valence-corrected chi connectivity index (χ1v) is 6.69. The number of hydrogen-bond donors (Lipinski definition) is 1. The SMILES string of the molecule is COc1ccc(C(C#N)Nc2cccc(Cl)c2)cc1OC. The second kappa shape index (κ2) is 6.87. The lowest BCUT2D eigenvalue weighted by molar-refractivity contribution is 0.354. The Kier molecular flexibility index (Phi) is 4.91. The highest BCUT2D eigenvalue weighted by molar-refractivity contribution is 6.30. The quantitative estimate of drug-likeness (QED) is 0.906. The third-order valence-corrected chi connectivity index (χ3v) is 3.24. The van der Waals surface area contributed by atoms with Crippen LogP contribution in [0.5, 0.6) is 11.5 Å². The number of methoxy groups -OCH3 is 2. The molecule has 0 aromatic heterocycles. The van der Waals surface area contributed by atoms with E-state index < -0.39 is 6.04 Å². The van der Waals surface area contributed by atoms with Crippen LogP contribution in [0.15, 0.2) is 42.5 Å². The van der Waals surface area contributed by atoms with Gasteiger partial charge in [0, 0.05) is 10.7 Å².